The Balaban J connectivity index is 2.27. The summed E-state index contributed by atoms with van der Waals surface area (Å²) in [5.74, 6) is 0. The molecule has 2 nitrogen and oxygen atoms in total. The summed E-state index contributed by atoms with van der Waals surface area (Å²) in [6, 6.07) is 13.1. The van der Waals surface area contributed by atoms with Gasteiger partial charge in [-0.05, 0) is 49.7 Å². The third-order valence-electron chi connectivity index (χ3n) is 3.70. The predicted octanol–water partition coefficient (Wildman–Crippen LogP) is 4.94. The van der Waals surface area contributed by atoms with Gasteiger partial charge in [-0.2, -0.15) is 0 Å². The molecule has 21 heavy (non-hydrogen) atoms. The number of aryl methyl sites for hydroxylation is 2. The molecule has 0 aliphatic carbocycles. The number of anilines is 2. The van der Waals surface area contributed by atoms with E-state index in [1.165, 1.54) is 28.1 Å². The first-order chi connectivity index (χ1) is 10.0. The average Bonchev–Trinajstić information content (AvgIpc) is 2.45. The van der Waals surface area contributed by atoms with Gasteiger partial charge in [-0.25, -0.2) is 0 Å². The lowest BCUT2D eigenvalue weighted by molar-refractivity contribution is 0.725. The SMILES string of the molecule is CCNCc1ccc(N(C)c2ccc(C)cc2C)cc1Br. The van der Waals surface area contributed by atoms with Gasteiger partial charge >= 0.3 is 0 Å². The largest absolute Gasteiger partial charge is 0.344 e. The topological polar surface area (TPSA) is 15.3 Å². The van der Waals surface area contributed by atoms with Gasteiger partial charge in [-0.1, -0.05) is 46.6 Å². The summed E-state index contributed by atoms with van der Waals surface area (Å²) in [6.07, 6.45) is 0. The molecule has 0 unspecified atom stereocenters. The number of nitrogens with zero attached hydrogens (tertiary/aromatic N) is 1. The van der Waals surface area contributed by atoms with Gasteiger partial charge in [0.15, 0.2) is 0 Å². The maximum absolute atomic E-state index is 3.68. The molecule has 0 radical (unpaired) electrons. The molecule has 0 spiro atoms. The third-order valence-corrected chi connectivity index (χ3v) is 4.44. The highest BCUT2D eigenvalue weighted by molar-refractivity contribution is 9.10. The van der Waals surface area contributed by atoms with Crippen LogP contribution in [0.5, 0.6) is 0 Å². The highest BCUT2D eigenvalue weighted by Crippen LogP contribution is 2.30. The fourth-order valence-electron chi connectivity index (χ4n) is 2.47. The number of hydrogen-bond acceptors (Lipinski definition) is 2. The fourth-order valence-corrected chi connectivity index (χ4v) is 2.98. The van der Waals surface area contributed by atoms with Crippen LogP contribution in [-0.2, 0) is 6.54 Å². The Bertz CT molecular complexity index is 623. The summed E-state index contributed by atoms with van der Waals surface area (Å²) in [7, 11) is 2.11. The molecule has 0 atom stereocenters. The van der Waals surface area contributed by atoms with Crippen molar-refractivity contribution in [3.8, 4) is 0 Å². The molecule has 0 amide bonds. The first-order valence-corrected chi connectivity index (χ1v) is 8.12. The minimum atomic E-state index is 0.893. The van der Waals surface area contributed by atoms with Gasteiger partial charge in [0, 0.05) is 29.4 Å². The summed E-state index contributed by atoms with van der Waals surface area (Å²) >= 11 is 3.68. The van der Waals surface area contributed by atoms with Crippen molar-refractivity contribution in [1.29, 1.82) is 0 Å². The molecule has 0 aliphatic heterocycles. The molecule has 2 aromatic carbocycles. The molecule has 0 saturated heterocycles. The van der Waals surface area contributed by atoms with Crippen LogP contribution in [0.1, 0.15) is 23.6 Å². The molecule has 1 N–H and O–H groups in total. The Morgan fingerprint density at radius 2 is 1.86 bits per heavy atom. The molecule has 0 fully saturated rings. The number of benzene rings is 2. The van der Waals surface area contributed by atoms with Crippen LogP contribution >= 0.6 is 15.9 Å². The van der Waals surface area contributed by atoms with Gasteiger partial charge in [0.25, 0.3) is 0 Å². The molecule has 0 aromatic heterocycles. The van der Waals surface area contributed by atoms with Crippen LogP contribution in [0.2, 0.25) is 0 Å². The van der Waals surface area contributed by atoms with E-state index in [2.05, 4.69) is 90.4 Å². The third kappa shape index (κ3) is 3.86. The second-order valence-corrected chi connectivity index (χ2v) is 6.26. The van der Waals surface area contributed by atoms with E-state index >= 15 is 0 Å². The van der Waals surface area contributed by atoms with Crippen molar-refractivity contribution in [1.82, 2.24) is 5.32 Å². The molecular formula is C18H23BrN2. The summed E-state index contributed by atoms with van der Waals surface area (Å²) in [5, 5.41) is 3.36. The molecule has 2 aromatic rings. The van der Waals surface area contributed by atoms with E-state index in [1.54, 1.807) is 0 Å². The Labute approximate surface area is 136 Å². The van der Waals surface area contributed by atoms with Gasteiger partial charge in [-0.3, -0.25) is 0 Å². The van der Waals surface area contributed by atoms with E-state index in [1.807, 2.05) is 0 Å². The molecule has 112 valence electrons. The van der Waals surface area contributed by atoms with Gasteiger partial charge in [0.05, 0.1) is 0 Å². The second-order valence-electron chi connectivity index (χ2n) is 5.41. The summed E-state index contributed by atoms with van der Waals surface area (Å²) in [4.78, 5) is 2.23. The lowest BCUT2D eigenvalue weighted by Crippen LogP contribution is -2.14. The van der Waals surface area contributed by atoms with Crippen LogP contribution in [0.15, 0.2) is 40.9 Å². The van der Waals surface area contributed by atoms with Crippen LogP contribution in [0.4, 0.5) is 11.4 Å². The standard InChI is InChI=1S/C18H23BrN2/c1-5-20-12-15-7-8-16(11-17(15)19)21(4)18-9-6-13(2)10-14(18)3/h6-11,20H,5,12H2,1-4H3. The summed E-state index contributed by atoms with van der Waals surface area (Å²) in [5.41, 5.74) is 6.31. The van der Waals surface area contributed by atoms with Crippen molar-refractivity contribution in [2.75, 3.05) is 18.5 Å². The van der Waals surface area contributed by atoms with Crippen molar-refractivity contribution in [2.45, 2.75) is 27.3 Å². The van der Waals surface area contributed by atoms with E-state index in [-0.39, 0.29) is 0 Å². The van der Waals surface area contributed by atoms with Crippen molar-refractivity contribution in [3.05, 3.63) is 57.6 Å². The zero-order valence-electron chi connectivity index (χ0n) is 13.2. The number of hydrogen-bond donors (Lipinski definition) is 1. The quantitative estimate of drug-likeness (QED) is 0.824. The molecule has 2 rings (SSSR count). The van der Waals surface area contributed by atoms with Crippen molar-refractivity contribution in [3.63, 3.8) is 0 Å². The zero-order valence-corrected chi connectivity index (χ0v) is 14.8. The van der Waals surface area contributed by atoms with Crippen LogP contribution in [-0.4, -0.2) is 13.6 Å². The number of halogens is 1. The van der Waals surface area contributed by atoms with Gasteiger partial charge < -0.3 is 10.2 Å². The van der Waals surface area contributed by atoms with Crippen molar-refractivity contribution >= 4 is 27.3 Å². The predicted molar refractivity (Wildman–Crippen MR) is 95.5 cm³/mol. The molecule has 0 heterocycles. The smallest absolute Gasteiger partial charge is 0.0437 e. The maximum atomic E-state index is 3.68. The zero-order chi connectivity index (χ0) is 15.4. The Hall–Kier alpha value is -1.32. The van der Waals surface area contributed by atoms with Crippen LogP contribution in [0.3, 0.4) is 0 Å². The molecule has 0 aliphatic rings. The summed E-state index contributed by atoms with van der Waals surface area (Å²) in [6.45, 7) is 8.29. The van der Waals surface area contributed by atoms with Crippen LogP contribution < -0.4 is 10.2 Å². The fraction of sp³-hybridized carbons (Fsp3) is 0.333. The molecule has 3 heteroatoms. The number of nitrogens with one attached hydrogen (secondary N) is 1. The highest BCUT2D eigenvalue weighted by Gasteiger charge is 2.09. The van der Waals surface area contributed by atoms with Crippen molar-refractivity contribution in [2.24, 2.45) is 0 Å². The minimum Gasteiger partial charge on any atom is -0.344 e. The monoisotopic (exact) mass is 346 g/mol. The molecule has 0 saturated carbocycles. The second kappa shape index (κ2) is 7.10. The van der Waals surface area contributed by atoms with Crippen molar-refractivity contribution < 1.29 is 0 Å². The Morgan fingerprint density at radius 3 is 2.48 bits per heavy atom. The number of rotatable bonds is 5. The lowest BCUT2D eigenvalue weighted by atomic mass is 10.1. The highest BCUT2D eigenvalue weighted by atomic mass is 79.9. The van der Waals surface area contributed by atoms with Gasteiger partial charge in [-0.15, -0.1) is 0 Å². The van der Waals surface area contributed by atoms with E-state index in [4.69, 9.17) is 0 Å². The first-order valence-electron chi connectivity index (χ1n) is 7.33. The van der Waals surface area contributed by atoms with Crippen LogP contribution in [0.25, 0.3) is 0 Å². The first kappa shape index (κ1) is 16.1. The average molecular weight is 347 g/mol. The molecular weight excluding hydrogens is 324 g/mol. The van der Waals surface area contributed by atoms with E-state index in [9.17, 15) is 0 Å². The summed E-state index contributed by atoms with van der Waals surface area (Å²) < 4.78 is 1.15. The normalized spacial score (nSPS) is 10.7. The van der Waals surface area contributed by atoms with E-state index < -0.39 is 0 Å². The molecule has 0 bridgehead atoms. The Morgan fingerprint density at radius 1 is 1.10 bits per heavy atom. The van der Waals surface area contributed by atoms with E-state index in [0.29, 0.717) is 0 Å². The maximum Gasteiger partial charge on any atom is 0.0437 e. The van der Waals surface area contributed by atoms with Gasteiger partial charge in [0.2, 0.25) is 0 Å². The minimum absolute atomic E-state index is 0.893. The lowest BCUT2D eigenvalue weighted by Gasteiger charge is -2.23. The van der Waals surface area contributed by atoms with E-state index in [0.717, 1.165) is 17.6 Å². The Kier molecular flexibility index (Phi) is 5.43. The van der Waals surface area contributed by atoms with Gasteiger partial charge in [0.1, 0.15) is 0 Å². The van der Waals surface area contributed by atoms with Crippen LogP contribution in [0, 0.1) is 13.8 Å².